The Kier molecular flexibility index (Phi) is 4.86. The molecule has 0 aliphatic carbocycles. The molecule has 0 unspecified atom stereocenters. The third-order valence-corrected chi connectivity index (χ3v) is 6.23. The first-order valence-corrected chi connectivity index (χ1v) is 8.08. The minimum atomic E-state index is -0.889. The molecule has 104 valence electrons. The summed E-state index contributed by atoms with van der Waals surface area (Å²) in [5.41, 5.74) is 0. The zero-order valence-corrected chi connectivity index (χ0v) is 13.8. The largest absolute Gasteiger partial charge is 0.465 e. The van der Waals surface area contributed by atoms with Crippen LogP contribution in [-0.2, 0) is 0 Å². The van der Waals surface area contributed by atoms with Crippen LogP contribution in [0.2, 0.25) is 0 Å². The third kappa shape index (κ3) is 3.70. The second-order valence-corrected chi connectivity index (χ2v) is 7.55. The maximum Gasteiger partial charge on any atom is 0.407 e. The first kappa shape index (κ1) is 14.8. The van der Waals surface area contributed by atoms with Crippen molar-refractivity contribution >= 4 is 55.2 Å². The molecule has 0 radical (unpaired) electrons. The molecule has 0 saturated carbocycles. The Labute approximate surface area is 131 Å². The summed E-state index contributed by atoms with van der Waals surface area (Å²) >= 11 is 8.05. The quantitative estimate of drug-likeness (QED) is 0.803. The smallest absolute Gasteiger partial charge is 0.407 e. The molecule has 19 heavy (non-hydrogen) atoms. The number of hydrogen-bond donors (Lipinski definition) is 2. The molecule has 0 aromatic carbocycles. The van der Waals surface area contributed by atoms with Gasteiger partial charge in [0.15, 0.2) is 0 Å². The number of nitrogens with one attached hydrogen (secondary N) is 1. The normalized spacial score (nSPS) is 18.6. The van der Waals surface area contributed by atoms with E-state index in [9.17, 15) is 9.59 Å². The van der Waals surface area contributed by atoms with Gasteiger partial charge in [0, 0.05) is 24.1 Å². The number of carbonyl (C=O) groups excluding carboxylic acids is 1. The monoisotopic (exact) mass is 410 g/mol. The van der Waals surface area contributed by atoms with Crippen LogP contribution in [0.4, 0.5) is 4.79 Å². The second kappa shape index (κ2) is 6.23. The molecule has 1 atom stereocenters. The van der Waals surface area contributed by atoms with Crippen LogP contribution in [0.5, 0.6) is 0 Å². The highest BCUT2D eigenvalue weighted by Crippen LogP contribution is 2.32. The first-order valence-electron chi connectivity index (χ1n) is 5.68. The molecule has 2 N–H and O–H groups in total. The standard InChI is InChI=1S/C11H12Br2N2O3S/c12-7-3-8(19-9(7)13)10(16)14-4-6-1-2-15(5-6)11(17)18/h3,6H,1-2,4-5H2,(H,14,16)(H,17,18)/t6-/m0/s1. The number of halogens is 2. The summed E-state index contributed by atoms with van der Waals surface area (Å²) in [6, 6.07) is 1.77. The summed E-state index contributed by atoms with van der Waals surface area (Å²) in [6.45, 7) is 1.55. The number of rotatable bonds is 3. The van der Waals surface area contributed by atoms with E-state index in [0.717, 1.165) is 14.7 Å². The van der Waals surface area contributed by atoms with E-state index in [1.54, 1.807) is 6.07 Å². The molecular weight excluding hydrogens is 400 g/mol. The molecule has 0 bridgehead atoms. The third-order valence-electron chi connectivity index (χ3n) is 2.98. The van der Waals surface area contributed by atoms with Gasteiger partial charge in [0.05, 0.1) is 8.66 Å². The van der Waals surface area contributed by atoms with Crippen molar-refractivity contribution in [3.05, 3.63) is 19.2 Å². The van der Waals surface area contributed by atoms with Crippen LogP contribution in [0, 0.1) is 5.92 Å². The highest BCUT2D eigenvalue weighted by Gasteiger charge is 2.26. The summed E-state index contributed by atoms with van der Waals surface area (Å²) < 4.78 is 1.75. The lowest BCUT2D eigenvalue weighted by Gasteiger charge is -2.12. The summed E-state index contributed by atoms with van der Waals surface area (Å²) in [5, 5.41) is 11.7. The number of nitrogens with zero attached hydrogens (tertiary/aromatic N) is 1. The average Bonchev–Trinajstić information content (AvgIpc) is 2.94. The maximum atomic E-state index is 11.9. The molecule has 2 rings (SSSR count). The van der Waals surface area contributed by atoms with E-state index < -0.39 is 6.09 Å². The first-order chi connectivity index (χ1) is 8.97. The van der Waals surface area contributed by atoms with Gasteiger partial charge < -0.3 is 15.3 Å². The van der Waals surface area contributed by atoms with Crippen molar-refractivity contribution in [3.63, 3.8) is 0 Å². The number of thiophene rings is 1. The summed E-state index contributed by atoms with van der Waals surface area (Å²) in [5.74, 6) is 0.0806. The zero-order chi connectivity index (χ0) is 14.0. The Morgan fingerprint density at radius 1 is 1.53 bits per heavy atom. The van der Waals surface area contributed by atoms with Crippen LogP contribution < -0.4 is 5.32 Å². The van der Waals surface area contributed by atoms with Crippen molar-refractivity contribution < 1.29 is 14.7 Å². The molecule has 1 aliphatic rings. The van der Waals surface area contributed by atoms with E-state index in [4.69, 9.17) is 5.11 Å². The number of carbonyl (C=O) groups is 2. The molecular formula is C11H12Br2N2O3S. The van der Waals surface area contributed by atoms with Gasteiger partial charge in [-0.25, -0.2) is 4.79 Å². The molecule has 5 nitrogen and oxygen atoms in total. The van der Waals surface area contributed by atoms with Crippen molar-refractivity contribution in [1.29, 1.82) is 0 Å². The Bertz CT molecular complexity index is 487. The van der Waals surface area contributed by atoms with Gasteiger partial charge >= 0.3 is 6.09 Å². The van der Waals surface area contributed by atoms with Gasteiger partial charge in [0.25, 0.3) is 5.91 Å². The fourth-order valence-electron chi connectivity index (χ4n) is 1.96. The van der Waals surface area contributed by atoms with E-state index >= 15 is 0 Å². The van der Waals surface area contributed by atoms with Crippen LogP contribution >= 0.6 is 43.2 Å². The lowest BCUT2D eigenvalue weighted by Crippen LogP contribution is -2.32. The van der Waals surface area contributed by atoms with Gasteiger partial charge in [-0.15, -0.1) is 11.3 Å². The predicted molar refractivity (Wildman–Crippen MR) is 79.8 cm³/mol. The van der Waals surface area contributed by atoms with Gasteiger partial charge in [-0.2, -0.15) is 0 Å². The highest BCUT2D eigenvalue weighted by molar-refractivity contribution is 9.13. The van der Waals surface area contributed by atoms with Crippen LogP contribution in [0.25, 0.3) is 0 Å². The second-order valence-electron chi connectivity index (χ2n) is 4.33. The van der Waals surface area contributed by atoms with Crippen LogP contribution in [0.3, 0.4) is 0 Å². The summed E-state index contributed by atoms with van der Waals surface area (Å²) in [4.78, 5) is 24.7. The molecule has 1 aromatic rings. The van der Waals surface area contributed by atoms with Gasteiger partial charge in [0.2, 0.25) is 0 Å². The molecule has 2 amide bonds. The molecule has 1 saturated heterocycles. The molecule has 1 aromatic heterocycles. The lowest BCUT2D eigenvalue weighted by molar-refractivity contribution is 0.0951. The molecule has 1 fully saturated rings. The van der Waals surface area contributed by atoms with E-state index in [1.807, 2.05) is 0 Å². The van der Waals surface area contributed by atoms with E-state index in [2.05, 4.69) is 37.2 Å². The maximum absolute atomic E-state index is 11.9. The Hall–Kier alpha value is -0.600. The van der Waals surface area contributed by atoms with E-state index in [-0.39, 0.29) is 11.8 Å². The fraction of sp³-hybridized carbons (Fsp3) is 0.455. The number of likely N-dealkylation sites (tertiary alicyclic amines) is 1. The summed E-state index contributed by atoms with van der Waals surface area (Å²) in [7, 11) is 0. The van der Waals surface area contributed by atoms with Crippen molar-refractivity contribution in [2.45, 2.75) is 6.42 Å². The fourth-order valence-corrected chi connectivity index (χ4v) is 3.91. The van der Waals surface area contributed by atoms with Crippen molar-refractivity contribution in [2.24, 2.45) is 5.92 Å². The van der Waals surface area contributed by atoms with Gasteiger partial charge in [-0.3, -0.25) is 4.79 Å². The lowest BCUT2D eigenvalue weighted by atomic mass is 10.1. The predicted octanol–water partition coefficient (Wildman–Crippen LogP) is 3.00. The molecule has 1 aliphatic heterocycles. The molecule has 2 heterocycles. The van der Waals surface area contributed by atoms with E-state index in [1.165, 1.54) is 16.2 Å². The van der Waals surface area contributed by atoms with Gasteiger partial charge in [-0.05, 0) is 50.3 Å². The Morgan fingerprint density at radius 3 is 2.79 bits per heavy atom. The van der Waals surface area contributed by atoms with Crippen molar-refractivity contribution in [3.8, 4) is 0 Å². The number of hydrogen-bond acceptors (Lipinski definition) is 3. The summed E-state index contributed by atoms with van der Waals surface area (Å²) in [6.07, 6.45) is -0.0929. The van der Waals surface area contributed by atoms with Crippen molar-refractivity contribution in [1.82, 2.24) is 10.2 Å². The molecule has 8 heteroatoms. The van der Waals surface area contributed by atoms with Crippen LogP contribution in [0.1, 0.15) is 16.1 Å². The molecule has 0 spiro atoms. The van der Waals surface area contributed by atoms with Gasteiger partial charge in [-0.1, -0.05) is 0 Å². The minimum absolute atomic E-state index is 0.120. The SMILES string of the molecule is O=C(NC[C@@H]1CCN(C(=O)O)C1)c1cc(Br)c(Br)s1. The Morgan fingerprint density at radius 2 is 2.26 bits per heavy atom. The highest BCUT2D eigenvalue weighted by atomic mass is 79.9. The zero-order valence-electron chi connectivity index (χ0n) is 9.86. The number of amides is 2. The van der Waals surface area contributed by atoms with Crippen LogP contribution in [0.15, 0.2) is 14.3 Å². The topological polar surface area (TPSA) is 69.6 Å². The van der Waals surface area contributed by atoms with Gasteiger partial charge in [0.1, 0.15) is 0 Å². The minimum Gasteiger partial charge on any atom is -0.465 e. The van der Waals surface area contributed by atoms with E-state index in [0.29, 0.717) is 24.5 Å². The Balaban J connectivity index is 1.83. The van der Waals surface area contributed by atoms with Crippen LogP contribution in [-0.4, -0.2) is 41.6 Å². The number of carboxylic acid groups (broad SMARTS) is 1. The average molecular weight is 412 g/mol. The van der Waals surface area contributed by atoms with Crippen molar-refractivity contribution in [2.75, 3.05) is 19.6 Å².